The molecule has 106 valence electrons. The minimum Gasteiger partial charge on any atom is -0.389 e. The molecule has 0 aliphatic carbocycles. The van der Waals surface area contributed by atoms with E-state index < -0.39 is 0 Å². The van der Waals surface area contributed by atoms with Crippen molar-refractivity contribution in [3.63, 3.8) is 0 Å². The van der Waals surface area contributed by atoms with Crippen LogP contribution in [0.15, 0.2) is 36.7 Å². The predicted octanol–water partition coefficient (Wildman–Crippen LogP) is 1.73. The average molecular weight is 288 g/mol. The van der Waals surface area contributed by atoms with Crippen LogP contribution in [0.1, 0.15) is 17.0 Å². The number of aromatic nitrogens is 2. The van der Waals surface area contributed by atoms with Crippen LogP contribution in [0.2, 0.25) is 0 Å². The maximum atomic E-state index is 5.66. The first-order chi connectivity index (χ1) is 9.56. The molecular weight excluding hydrogens is 268 g/mol. The molecule has 0 saturated heterocycles. The summed E-state index contributed by atoms with van der Waals surface area (Å²) in [6, 6.07) is 8.09. The van der Waals surface area contributed by atoms with Gasteiger partial charge in [-0.25, -0.2) is 4.98 Å². The number of imidazole rings is 1. The Morgan fingerprint density at radius 2 is 2.25 bits per heavy atom. The number of hydrogen-bond donors (Lipinski definition) is 1. The van der Waals surface area contributed by atoms with Crippen molar-refractivity contribution in [2.75, 3.05) is 13.6 Å². The smallest absolute Gasteiger partial charge is 0.109 e. The van der Waals surface area contributed by atoms with Crippen molar-refractivity contribution in [2.45, 2.75) is 13.0 Å². The van der Waals surface area contributed by atoms with Crippen LogP contribution in [0.4, 0.5) is 0 Å². The second kappa shape index (κ2) is 6.63. The largest absolute Gasteiger partial charge is 0.389 e. The van der Waals surface area contributed by atoms with Crippen LogP contribution in [-0.4, -0.2) is 33.0 Å². The van der Waals surface area contributed by atoms with E-state index in [-0.39, 0.29) is 0 Å². The fourth-order valence-electron chi connectivity index (χ4n) is 2.14. The van der Waals surface area contributed by atoms with Crippen LogP contribution in [-0.2, 0) is 20.0 Å². The summed E-state index contributed by atoms with van der Waals surface area (Å²) in [6.07, 6.45) is 4.75. The number of likely N-dealkylation sites (N-methyl/N-ethyl adjacent to an activating group) is 1. The first-order valence-corrected chi connectivity index (χ1v) is 7.00. The van der Waals surface area contributed by atoms with Gasteiger partial charge in [-0.15, -0.1) is 0 Å². The van der Waals surface area contributed by atoms with Crippen LogP contribution in [0.3, 0.4) is 0 Å². The number of rotatable bonds is 6. The first kappa shape index (κ1) is 14.7. The van der Waals surface area contributed by atoms with Crippen molar-refractivity contribution >= 4 is 17.2 Å². The number of nitrogens with zero attached hydrogens (tertiary/aromatic N) is 3. The molecule has 4 nitrogen and oxygen atoms in total. The molecule has 0 atom stereocenters. The van der Waals surface area contributed by atoms with E-state index in [4.69, 9.17) is 18.0 Å². The van der Waals surface area contributed by atoms with Crippen molar-refractivity contribution in [2.24, 2.45) is 12.8 Å². The number of hydrogen-bond acceptors (Lipinski definition) is 3. The molecule has 0 aliphatic rings. The molecule has 1 aromatic heterocycles. The zero-order chi connectivity index (χ0) is 14.5. The minimum atomic E-state index is 0.447. The van der Waals surface area contributed by atoms with Gasteiger partial charge in [0.15, 0.2) is 0 Å². The highest BCUT2D eigenvalue weighted by Gasteiger charge is 2.05. The lowest BCUT2D eigenvalue weighted by molar-refractivity contribution is 0.327. The molecule has 5 heteroatoms. The van der Waals surface area contributed by atoms with Gasteiger partial charge < -0.3 is 15.2 Å². The van der Waals surface area contributed by atoms with Crippen molar-refractivity contribution in [1.82, 2.24) is 14.5 Å². The predicted molar refractivity (Wildman–Crippen MR) is 85.6 cm³/mol. The van der Waals surface area contributed by atoms with Crippen LogP contribution >= 0.6 is 12.2 Å². The Morgan fingerprint density at radius 1 is 1.45 bits per heavy atom. The third kappa shape index (κ3) is 3.88. The molecule has 0 bridgehead atoms. The van der Waals surface area contributed by atoms with E-state index in [2.05, 4.69) is 33.6 Å². The lowest BCUT2D eigenvalue weighted by Gasteiger charge is -2.17. The normalized spacial score (nSPS) is 10.9. The van der Waals surface area contributed by atoms with Gasteiger partial charge in [-0.05, 0) is 18.7 Å². The summed E-state index contributed by atoms with van der Waals surface area (Å²) in [5, 5.41) is 0. The molecule has 0 amide bonds. The summed E-state index contributed by atoms with van der Waals surface area (Å²) >= 11 is 5.01. The quantitative estimate of drug-likeness (QED) is 0.822. The summed E-state index contributed by atoms with van der Waals surface area (Å²) in [5.41, 5.74) is 7.81. The minimum absolute atomic E-state index is 0.447. The molecule has 1 heterocycles. The molecule has 2 N–H and O–H groups in total. The highest BCUT2D eigenvalue weighted by Crippen LogP contribution is 2.08. The second-order valence-electron chi connectivity index (χ2n) is 5.01. The molecule has 0 saturated carbocycles. The van der Waals surface area contributed by atoms with Gasteiger partial charge in [0, 0.05) is 44.5 Å². The van der Waals surface area contributed by atoms with Gasteiger partial charge in [0.2, 0.25) is 0 Å². The Bertz CT molecular complexity index is 591. The van der Waals surface area contributed by atoms with Gasteiger partial charge >= 0.3 is 0 Å². The maximum absolute atomic E-state index is 5.66. The Kier molecular flexibility index (Phi) is 4.87. The fraction of sp³-hybridized carbons (Fsp3) is 0.333. The van der Waals surface area contributed by atoms with Gasteiger partial charge in [-0.1, -0.05) is 30.4 Å². The lowest BCUT2D eigenvalue weighted by Crippen LogP contribution is -2.22. The summed E-state index contributed by atoms with van der Waals surface area (Å²) < 4.78 is 2.06. The third-order valence-electron chi connectivity index (χ3n) is 3.30. The van der Waals surface area contributed by atoms with Gasteiger partial charge in [0.25, 0.3) is 0 Å². The van der Waals surface area contributed by atoms with E-state index in [1.807, 2.05) is 31.6 Å². The van der Waals surface area contributed by atoms with Crippen LogP contribution < -0.4 is 5.73 Å². The van der Waals surface area contributed by atoms with E-state index in [0.29, 0.717) is 4.99 Å². The van der Waals surface area contributed by atoms with Crippen LogP contribution in [0.25, 0.3) is 0 Å². The lowest BCUT2D eigenvalue weighted by atomic mass is 10.1. The molecule has 0 spiro atoms. The molecule has 0 fully saturated rings. The monoisotopic (exact) mass is 288 g/mol. The fourth-order valence-corrected chi connectivity index (χ4v) is 2.27. The summed E-state index contributed by atoms with van der Waals surface area (Å²) in [4.78, 5) is 7.05. The molecule has 0 radical (unpaired) electrons. The molecular formula is C15H20N4S. The van der Waals surface area contributed by atoms with Crippen LogP contribution in [0, 0.1) is 0 Å². The van der Waals surface area contributed by atoms with E-state index >= 15 is 0 Å². The molecule has 0 unspecified atom stereocenters. The maximum Gasteiger partial charge on any atom is 0.109 e. The first-order valence-electron chi connectivity index (χ1n) is 6.60. The van der Waals surface area contributed by atoms with Crippen molar-refractivity contribution < 1.29 is 0 Å². The highest BCUT2D eigenvalue weighted by atomic mass is 32.1. The van der Waals surface area contributed by atoms with E-state index in [0.717, 1.165) is 30.9 Å². The summed E-state index contributed by atoms with van der Waals surface area (Å²) in [5.74, 6) is 1.11. The Balaban J connectivity index is 1.91. The molecule has 20 heavy (non-hydrogen) atoms. The number of thiocarbonyl (C=S) groups is 1. The zero-order valence-electron chi connectivity index (χ0n) is 11.9. The SMILES string of the molecule is CN(CCc1nccn1C)Cc1cccc(C(N)=S)c1. The van der Waals surface area contributed by atoms with Crippen molar-refractivity contribution in [1.29, 1.82) is 0 Å². The topological polar surface area (TPSA) is 47.1 Å². The molecule has 2 rings (SSSR count). The van der Waals surface area contributed by atoms with Crippen LogP contribution in [0.5, 0.6) is 0 Å². The second-order valence-corrected chi connectivity index (χ2v) is 5.45. The Labute approximate surface area is 125 Å². The summed E-state index contributed by atoms with van der Waals surface area (Å²) in [7, 11) is 4.13. The third-order valence-corrected chi connectivity index (χ3v) is 3.54. The van der Waals surface area contributed by atoms with Gasteiger partial charge in [-0.2, -0.15) is 0 Å². The standard InChI is InChI=1S/C15H20N4S/c1-18(8-6-14-17-7-9-19(14)2)11-12-4-3-5-13(10-12)15(16)20/h3-5,7,9-10H,6,8,11H2,1-2H3,(H2,16,20). The van der Waals surface area contributed by atoms with E-state index in [1.54, 1.807) is 0 Å². The number of aryl methyl sites for hydroxylation is 1. The van der Waals surface area contributed by atoms with Gasteiger partial charge in [0.05, 0.1) is 0 Å². The number of nitrogens with two attached hydrogens (primary N) is 1. The Hall–Kier alpha value is -1.72. The van der Waals surface area contributed by atoms with Crippen molar-refractivity contribution in [3.05, 3.63) is 53.6 Å². The molecule has 1 aromatic carbocycles. The summed E-state index contributed by atoms with van der Waals surface area (Å²) in [6.45, 7) is 1.84. The molecule has 2 aromatic rings. The van der Waals surface area contributed by atoms with Crippen molar-refractivity contribution in [3.8, 4) is 0 Å². The van der Waals surface area contributed by atoms with Gasteiger partial charge in [0.1, 0.15) is 10.8 Å². The van der Waals surface area contributed by atoms with E-state index in [9.17, 15) is 0 Å². The number of benzene rings is 1. The van der Waals surface area contributed by atoms with Gasteiger partial charge in [-0.3, -0.25) is 0 Å². The Morgan fingerprint density at radius 3 is 2.90 bits per heavy atom. The average Bonchev–Trinajstić information content (AvgIpc) is 2.82. The highest BCUT2D eigenvalue weighted by molar-refractivity contribution is 7.80. The molecule has 0 aliphatic heterocycles. The zero-order valence-corrected chi connectivity index (χ0v) is 12.7. The van der Waals surface area contributed by atoms with E-state index in [1.165, 1.54) is 5.56 Å².